The third kappa shape index (κ3) is 6.44. The van der Waals surface area contributed by atoms with Crippen LogP contribution in [0.3, 0.4) is 0 Å². The van der Waals surface area contributed by atoms with Crippen molar-refractivity contribution in [3.8, 4) is 0 Å². The van der Waals surface area contributed by atoms with Crippen molar-refractivity contribution in [3.63, 3.8) is 0 Å². The molecule has 1 saturated carbocycles. The van der Waals surface area contributed by atoms with Crippen LogP contribution in [0.4, 0.5) is 4.79 Å². The van der Waals surface area contributed by atoms with Crippen LogP contribution in [0.15, 0.2) is 0 Å². The number of aliphatic carboxylic acids is 1. The fourth-order valence-electron chi connectivity index (χ4n) is 1.56. The second-order valence-electron chi connectivity index (χ2n) is 4.57. The smallest absolute Gasteiger partial charge is 0.323 e. The molecule has 2 N–H and O–H groups in total. The largest absolute Gasteiger partial charge is 0.480 e. The molecule has 18 heavy (non-hydrogen) atoms. The number of hydrogen-bond acceptors (Lipinski definition) is 3. The minimum absolute atomic E-state index is 0.261. The Morgan fingerprint density at radius 1 is 1.44 bits per heavy atom. The van der Waals surface area contributed by atoms with Crippen LogP contribution in [-0.4, -0.2) is 54.9 Å². The molecular formula is C12H22N2O4. The Bertz CT molecular complexity index is 279. The number of urea groups is 1. The highest BCUT2D eigenvalue weighted by Crippen LogP contribution is 2.28. The number of carboxylic acid groups (broad SMARTS) is 1. The van der Waals surface area contributed by atoms with Crippen LogP contribution in [0.1, 0.15) is 26.2 Å². The molecule has 2 amide bonds. The third-order valence-corrected chi connectivity index (χ3v) is 2.68. The molecule has 0 saturated heterocycles. The highest BCUT2D eigenvalue weighted by Gasteiger charge is 2.21. The molecule has 0 aromatic heterocycles. The van der Waals surface area contributed by atoms with Crippen LogP contribution < -0.4 is 5.32 Å². The predicted octanol–water partition coefficient (Wildman–Crippen LogP) is 0.919. The monoisotopic (exact) mass is 258 g/mol. The van der Waals surface area contributed by atoms with Crippen molar-refractivity contribution in [1.29, 1.82) is 0 Å². The molecular weight excluding hydrogens is 236 g/mol. The predicted molar refractivity (Wildman–Crippen MR) is 66.4 cm³/mol. The molecule has 0 unspecified atom stereocenters. The summed E-state index contributed by atoms with van der Waals surface area (Å²) in [7, 11) is 0. The quantitative estimate of drug-likeness (QED) is 0.603. The Hall–Kier alpha value is -1.30. The van der Waals surface area contributed by atoms with Crippen molar-refractivity contribution >= 4 is 12.0 Å². The minimum atomic E-state index is -0.997. The van der Waals surface area contributed by atoms with Crippen molar-refractivity contribution < 1.29 is 19.4 Å². The fraction of sp³-hybridized carbons (Fsp3) is 0.833. The molecule has 0 aromatic rings. The van der Waals surface area contributed by atoms with Crippen molar-refractivity contribution in [2.24, 2.45) is 5.92 Å². The van der Waals surface area contributed by atoms with Gasteiger partial charge in [0.1, 0.15) is 6.54 Å². The van der Waals surface area contributed by atoms with Gasteiger partial charge in [0, 0.05) is 19.7 Å². The minimum Gasteiger partial charge on any atom is -0.480 e. The maximum atomic E-state index is 11.7. The number of amides is 2. The average molecular weight is 258 g/mol. The van der Waals surface area contributed by atoms with E-state index in [1.807, 2.05) is 6.92 Å². The normalized spacial score (nSPS) is 14.3. The topological polar surface area (TPSA) is 78.9 Å². The number of carbonyl (C=O) groups excluding carboxylic acids is 1. The Labute approximate surface area is 107 Å². The number of nitrogens with one attached hydrogen (secondary N) is 1. The molecule has 1 aliphatic rings. The van der Waals surface area contributed by atoms with Gasteiger partial charge in [0.2, 0.25) is 0 Å². The van der Waals surface area contributed by atoms with E-state index in [1.54, 1.807) is 0 Å². The number of rotatable bonds is 9. The Morgan fingerprint density at radius 3 is 2.72 bits per heavy atom. The second kappa shape index (κ2) is 7.92. The summed E-state index contributed by atoms with van der Waals surface area (Å²) in [4.78, 5) is 23.6. The standard InChI is InChI=1S/C12H22N2O4/c1-2-6-14(8-11(15)16)12(17)13-5-7-18-9-10-3-4-10/h10H,2-9H2,1H3,(H,13,17)(H,15,16). The van der Waals surface area contributed by atoms with E-state index in [1.165, 1.54) is 17.7 Å². The van der Waals surface area contributed by atoms with Gasteiger partial charge in [-0.15, -0.1) is 0 Å². The lowest BCUT2D eigenvalue weighted by Gasteiger charge is -2.20. The first-order chi connectivity index (χ1) is 8.63. The number of carboxylic acids is 1. The van der Waals surface area contributed by atoms with Gasteiger partial charge < -0.3 is 20.1 Å². The first kappa shape index (κ1) is 14.8. The lowest BCUT2D eigenvalue weighted by molar-refractivity contribution is -0.137. The summed E-state index contributed by atoms with van der Waals surface area (Å²) in [6.45, 7) is 3.76. The lowest BCUT2D eigenvalue weighted by Crippen LogP contribution is -2.44. The van der Waals surface area contributed by atoms with Crippen molar-refractivity contribution in [2.75, 3.05) is 32.8 Å². The number of hydrogen-bond donors (Lipinski definition) is 2. The highest BCUT2D eigenvalue weighted by atomic mass is 16.5. The van der Waals surface area contributed by atoms with E-state index < -0.39 is 5.97 Å². The molecule has 0 atom stereocenters. The van der Waals surface area contributed by atoms with Crippen LogP contribution >= 0.6 is 0 Å². The Kier molecular flexibility index (Phi) is 6.49. The molecule has 0 heterocycles. The van der Waals surface area contributed by atoms with E-state index in [0.717, 1.165) is 13.0 Å². The summed E-state index contributed by atoms with van der Waals surface area (Å²) in [5.74, 6) is -0.284. The zero-order valence-corrected chi connectivity index (χ0v) is 10.9. The van der Waals surface area contributed by atoms with Crippen LogP contribution in [0.2, 0.25) is 0 Å². The van der Waals surface area contributed by atoms with Crippen molar-refractivity contribution in [2.45, 2.75) is 26.2 Å². The van der Waals surface area contributed by atoms with Crippen LogP contribution in [-0.2, 0) is 9.53 Å². The van der Waals surface area contributed by atoms with E-state index in [-0.39, 0.29) is 12.6 Å². The van der Waals surface area contributed by atoms with E-state index in [4.69, 9.17) is 9.84 Å². The molecule has 1 fully saturated rings. The SMILES string of the molecule is CCCN(CC(=O)O)C(=O)NCCOCC1CC1. The molecule has 0 spiro atoms. The fourth-order valence-corrected chi connectivity index (χ4v) is 1.56. The van der Waals surface area contributed by atoms with E-state index in [2.05, 4.69) is 5.32 Å². The zero-order chi connectivity index (χ0) is 13.4. The van der Waals surface area contributed by atoms with E-state index in [0.29, 0.717) is 25.6 Å². The van der Waals surface area contributed by atoms with Gasteiger partial charge >= 0.3 is 12.0 Å². The molecule has 0 radical (unpaired) electrons. The molecule has 0 bridgehead atoms. The average Bonchev–Trinajstić information content (AvgIpc) is 3.11. The van der Waals surface area contributed by atoms with Gasteiger partial charge in [0.05, 0.1) is 6.61 Å². The summed E-state index contributed by atoms with van der Waals surface area (Å²) < 4.78 is 5.38. The third-order valence-electron chi connectivity index (χ3n) is 2.68. The number of nitrogens with zero attached hydrogens (tertiary/aromatic N) is 1. The maximum absolute atomic E-state index is 11.7. The molecule has 1 aliphatic carbocycles. The Morgan fingerprint density at radius 2 is 2.17 bits per heavy atom. The molecule has 104 valence electrons. The van der Waals surface area contributed by atoms with Crippen LogP contribution in [0, 0.1) is 5.92 Å². The van der Waals surface area contributed by atoms with E-state index in [9.17, 15) is 9.59 Å². The summed E-state index contributed by atoms with van der Waals surface area (Å²) >= 11 is 0. The van der Waals surface area contributed by atoms with Gasteiger partial charge in [0.25, 0.3) is 0 Å². The molecule has 6 heteroatoms. The first-order valence-electron chi connectivity index (χ1n) is 6.45. The summed E-state index contributed by atoms with van der Waals surface area (Å²) in [6, 6.07) is -0.339. The van der Waals surface area contributed by atoms with E-state index >= 15 is 0 Å². The van der Waals surface area contributed by atoms with Gasteiger partial charge in [-0.3, -0.25) is 4.79 Å². The molecule has 6 nitrogen and oxygen atoms in total. The Balaban J connectivity index is 2.11. The van der Waals surface area contributed by atoms with Gasteiger partial charge in [-0.25, -0.2) is 4.79 Å². The van der Waals surface area contributed by atoms with Gasteiger partial charge in [-0.05, 0) is 25.2 Å². The van der Waals surface area contributed by atoms with Gasteiger partial charge in [-0.1, -0.05) is 6.92 Å². The van der Waals surface area contributed by atoms with Crippen LogP contribution in [0.25, 0.3) is 0 Å². The number of ether oxygens (including phenoxy) is 1. The lowest BCUT2D eigenvalue weighted by atomic mass is 10.4. The second-order valence-corrected chi connectivity index (χ2v) is 4.57. The summed E-state index contributed by atoms with van der Waals surface area (Å²) in [5.41, 5.74) is 0. The van der Waals surface area contributed by atoms with Crippen molar-refractivity contribution in [3.05, 3.63) is 0 Å². The summed E-state index contributed by atoms with van der Waals surface area (Å²) in [6.07, 6.45) is 3.23. The first-order valence-corrected chi connectivity index (χ1v) is 6.45. The molecule has 0 aliphatic heterocycles. The molecule has 1 rings (SSSR count). The van der Waals surface area contributed by atoms with Gasteiger partial charge in [-0.2, -0.15) is 0 Å². The molecule has 0 aromatic carbocycles. The summed E-state index contributed by atoms with van der Waals surface area (Å²) in [5, 5.41) is 11.4. The van der Waals surface area contributed by atoms with Gasteiger partial charge in [0.15, 0.2) is 0 Å². The van der Waals surface area contributed by atoms with Crippen molar-refractivity contribution in [1.82, 2.24) is 10.2 Å². The zero-order valence-electron chi connectivity index (χ0n) is 10.9. The maximum Gasteiger partial charge on any atom is 0.323 e. The van der Waals surface area contributed by atoms with Crippen LogP contribution in [0.5, 0.6) is 0 Å². The highest BCUT2D eigenvalue weighted by molar-refractivity contribution is 5.80. The number of carbonyl (C=O) groups is 2.